The first kappa shape index (κ1) is 17.7. The normalized spacial score (nSPS) is 28.8. The number of piperidine rings is 1. The number of hydrogen-bond donors (Lipinski definition) is 0. The molecule has 3 aliphatic heterocycles. The predicted molar refractivity (Wildman–Crippen MR) is 104 cm³/mol. The highest BCUT2D eigenvalue weighted by molar-refractivity contribution is 8.18. The molecule has 0 aliphatic carbocycles. The van der Waals surface area contributed by atoms with Crippen LogP contribution in [0.1, 0.15) is 38.9 Å². The first-order valence-corrected chi connectivity index (χ1v) is 10.2. The Morgan fingerprint density at radius 2 is 1.85 bits per heavy atom. The van der Waals surface area contributed by atoms with Crippen LogP contribution in [0.2, 0.25) is 0 Å². The first-order chi connectivity index (χ1) is 12.6. The Morgan fingerprint density at radius 3 is 2.58 bits per heavy atom. The fraction of sp³-hybridized carbons (Fsp3) is 0.579. The molecule has 6 nitrogen and oxygen atoms in total. The molecule has 0 bridgehead atoms. The van der Waals surface area contributed by atoms with E-state index in [0.29, 0.717) is 10.7 Å². The lowest BCUT2D eigenvalue weighted by atomic mass is 10.1. The SMILES string of the molecule is CC1CN(C2=NC(=O)/C(=C/c3ccc(N4CCCCC4)o3)S2)CC(C)O1. The Bertz CT molecular complexity index is 726. The Kier molecular flexibility index (Phi) is 5.09. The molecule has 3 aliphatic rings. The van der Waals surface area contributed by atoms with E-state index in [1.165, 1.54) is 31.0 Å². The number of amides is 1. The van der Waals surface area contributed by atoms with Gasteiger partial charge in [-0.25, -0.2) is 0 Å². The summed E-state index contributed by atoms with van der Waals surface area (Å²) in [5, 5.41) is 0.770. The van der Waals surface area contributed by atoms with E-state index in [-0.39, 0.29) is 18.1 Å². The van der Waals surface area contributed by atoms with Crippen LogP contribution in [0.5, 0.6) is 0 Å². The third-order valence-electron chi connectivity index (χ3n) is 4.85. The van der Waals surface area contributed by atoms with Crippen LogP contribution in [0.4, 0.5) is 5.88 Å². The van der Waals surface area contributed by atoms with E-state index >= 15 is 0 Å². The molecule has 0 N–H and O–H groups in total. The van der Waals surface area contributed by atoms with Gasteiger partial charge in [0.2, 0.25) is 0 Å². The van der Waals surface area contributed by atoms with E-state index in [0.717, 1.165) is 37.2 Å². The lowest BCUT2D eigenvalue weighted by molar-refractivity contribution is -0.113. The minimum Gasteiger partial charge on any atom is -0.441 e. The van der Waals surface area contributed by atoms with Gasteiger partial charge in [-0.3, -0.25) is 4.79 Å². The Hall–Kier alpha value is -1.73. The number of furan rings is 1. The quantitative estimate of drug-likeness (QED) is 0.739. The number of thioether (sulfide) groups is 1. The zero-order valence-electron chi connectivity index (χ0n) is 15.3. The zero-order valence-corrected chi connectivity index (χ0v) is 16.1. The fourth-order valence-electron chi connectivity index (χ4n) is 3.70. The summed E-state index contributed by atoms with van der Waals surface area (Å²) in [6.45, 7) is 7.70. The number of carbonyl (C=O) groups is 1. The molecule has 26 heavy (non-hydrogen) atoms. The predicted octanol–water partition coefficient (Wildman–Crippen LogP) is 3.35. The van der Waals surface area contributed by atoms with Crippen LogP contribution in [-0.4, -0.2) is 54.4 Å². The molecule has 1 aromatic heterocycles. The maximum atomic E-state index is 12.3. The van der Waals surface area contributed by atoms with Gasteiger partial charge < -0.3 is 19.0 Å². The lowest BCUT2D eigenvalue weighted by Crippen LogP contribution is -2.47. The molecular formula is C19H25N3O3S. The van der Waals surface area contributed by atoms with E-state index in [2.05, 4.69) is 14.8 Å². The molecule has 2 fully saturated rings. The molecule has 4 rings (SSSR count). The van der Waals surface area contributed by atoms with Gasteiger partial charge in [-0.2, -0.15) is 4.99 Å². The first-order valence-electron chi connectivity index (χ1n) is 9.36. The van der Waals surface area contributed by atoms with Crippen LogP contribution in [-0.2, 0) is 9.53 Å². The number of amidine groups is 1. The topological polar surface area (TPSA) is 58.3 Å². The highest BCUT2D eigenvalue weighted by Crippen LogP contribution is 2.32. The Balaban J connectivity index is 1.44. The minimum atomic E-state index is -0.187. The average molecular weight is 375 g/mol. The van der Waals surface area contributed by atoms with Crippen LogP contribution in [0.25, 0.3) is 6.08 Å². The summed E-state index contributed by atoms with van der Waals surface area (Å²) in [7, 11) is 0. The molecule has 140 valence electrons. The lowest BCUT2D eigenvalue weighted by Gasteiger charge is -2.35. The van der Waals surface area contributed by atoms with E-state index in [9.17, 15) is 4.79 Å². The minimum absolute atomic E-state index is 0.141. The molecule has 0 saturated carbocycles. The van der Waals surface area contributed by atoms with Crippen LogP contribution >= 0.6 is 11.8 Å². The summed E-state index contributed by atoms with van der Waals surface area (Å²) in [5.41, 5.74) is 0. The summed E-state index contributed by atoms with van der Waals surface area (Å²) in [6.07, 6.45) is 5.80. The fourth-order valence-corrected chi connectivity index (χ4v) is 4.61. The van der Waals surface area contributed by atoms with Gasteiger partial charge in [-0.05, 0) is 50.9 Å². The molecule has 0 radical (unpaired) electrons. The molecule has 2 atom stereocenters. The molecule has 2 unspecified atom stereocenters. The van der Waals surface area contributed by atoms with Crippen molar-refractivity contribution < 1.29 is 13.9 Å². The van der Waals surface area contributed by atoms with Crippen molar-refractivity contribution in [2.45, 2.75) is 45.3 Å². The van der Waals surface area contributed by atoms with Crippen LogP contribution in [0, 0.1) is 0 Å². The Morgan fingerprint density at radius 1 is 1.12 bits per heavy atom. The number of hydrogen-bond acceptors (Lipinski definition) is 6. The van der Waals surface area contributed by atoms with Crippen LogP contribution in [0.3, 0.4) is 0 Å². The number of ether oxygens (including phenoxy) is 1. The average Bonchev–Trinajstić information content (AvgIpc) is 3.23. The monoisotopic (exact) mass is 375 g/mol. The summed E-state index contributed by atoms with van der Waals surface area (Å²) in [5.74, 6) is 1.42. The molecular weight excluding hydrogens is 350 g/mol. The van der Waals surface area contributed by atoms with E-state index in [1.807, 2.05) is 32.1 Å². The standard InChI is InChI=1S/C19H25N3O3S/c1-13-11-22(12-14(2)24-13)19-20-18(23)16(26-19)10-15-6-7-17(25-15)21-8-4-3-5-9-21/h6-7,10,13-14H,3-5,8-9,11-12H2,1-2H3/b16-10-. The Labute approximate surface area is 158 Å². The van der Waals surface area contributed by atoms with Gasteiger partial charge in [0.25, 0.3) is 5.91 Å². The maximum Gasteiger partial charge on any atom is 0.286 e. The smallest absolute Gasteiger partial charge is 0.286 e. The largest absolute Gasteiger partial charge is 0.441 e. The van der Waals surface area contributed by atoms with Gasteiger partial charge in [0, 0.05) is 38.3 Å². The highest BCUT2D eigenvalue weighted by Gasteiger charge is 2.31. The second kappa shape index (κ2) is 7.48. The van der Waals surface area contributed by atoms with Crippen LogP contribution in [0.15, 0.2) is 26.4 Å². The van der Waals surface area contributed by atoms with Crippen molar-refractivity contribution in [3.63, 3.8) is 0 Å². The van der Waals surface area contributed by atoms with E-state index in [4.69, 9.17) is 9.15 Å². The summed E-state index contributed by atoms with van der Waals surface area (Å²) in [6, 6.07) is 3.93. The third-order valence-corrected chi connectivity index (χ3v) is 5.90. The van der Waals surface area contributed by atoms with Crippen molar-refractivity contribution >= 4 is 34.8 Å². The molecule has 7 heteroatoms. The second-order valence-corrected chi connectivity index (χ2v) is 8.21. The molecule has 0 aromatic carbocycles. The number of rotatable bonds is 2. The van der Waals surface area contributed by atoms with Crippen LogP contribution < -0.4 is 4.90 Å². The van der Waals surface area contributed by atoms with Gasteiger partial charge in [0.05, 0.1) is 17.1 Å². The summed E-state index contributed by atoms with van der Waals surface area (Å²) in [4.78, 5) is 21.6. The highest BCUT2D eigenvalue weighted by atomic mass is 32.2. The van der Waals surface area contributed by atoms with Crippen molar-refractivity contribution in [2.75, 3.05) is 31.1 Å². The van der Waals surface area contributed by atoms with Gasteiger partial charge in [-0.15, -0.1) is 0 Å². The van der Waals surface area contributed by atoms with E-state index in [1.54, 1.807) is 0 Å². The third kappa shape index (κ3) is 3.83. The van der Waals surface area contributed by atoms with Gasteiger partial charge in [0.15, 0.2) is 11.1 Å². The second-order valence-electron chi connectivity index (χ2n) is 7.20. The van der Waals surface area contributed by atoms with Gasteiger partial charge in [0.1, 0.15) is 5.76 Å². The maximum absolute atomic E-state index is 12.3. The number of aliphatic imine (C=N–C) groups is 1. The van der Waals surface area contributed by atoms with Gasteiger partial charge >= 0.3 is 0 Å². The number of carbonyl (C=O) groups excluding carboxylic acids is 1. The van der Waals surface area contributed by atoms with Crippen molar-refractivity contribution in [1.29, 1.82) is 0 Å². The molecule has 0 spiro atoms. The number of nitrogens with zero attached hydrogens (tertiary/aromatic N) is 3. The number of anilines is 1. The van der Waals surface area contributed by atoms with Crippen molar-refractivity contribution in [2.24, 2.45) is 4.99 Å². The molecule has 2 saturated heterocycles. The molecule has 4 heterocycles. The number of morpholine rings is 1. The zero-order chi connectivity index (χ0) is 18.1. The molecule has 1 aromatic rings. The summed E-state index contributed by atoms with van der Waals surface area (Å²) >= 11 is 1.43. The van der Waals surface area contributed by atoms with Gasteiger partial charge in [-0.1, -0.05) is 0 Å². The molecule has 1 amide bonds. The van der Waals surface area contributed by atoms with Crippen molar-refractivity contribution in [3.8, 4) is 0 Å². The van der Waals surface area contributed by atoms with E-state index < -0.39 is 0 Å². The van der Waals surface area contributed by atoms with Crippen molar-refractivity contribution in [1.82, 2.24) is 4.90 Å². The van der Waals surface area contributed by atoms with Crippen molar-refractivity contribution in [3.05, 3.63) is 22.8 Å². The summed E-state index contributed by atoms with van der Waals surface area (Å²) < 4.78 is 11.7.